The molecule has 0 spiro atoms. The molecule has 0 aliphatic heterocycles. The van der Waals surface area contributed by atoms with Crippen molar-refractivity contribution in [3.8, 4) is 5.75 Å². The van der Waals surface area contributed by atoms with Crippen LogP contribution in [0.5, 0.6) is 5.75 Å². The molecule has 0 fully saturated rings. The van der Waals surface area contributed by atoms with Crippen molar-refractivity contribution in [3.63, 3.8) is 0 Å². The molecule has 2 aromatic heterocycles. The summed E-state index contributed by atoms with van der Waals surface area (Å²) in [5, 5.41) is 3.41. The minimum Gasteiger partial charge on any atom is -0.475 e. The van der Waals surface area contributed by atoms with E-state index in [9.17, 15) is 8.42 Å². The largest absolute Gasteiger partial charge is 0.475 e. The van der Waals surface area contributed by atoms with Crippen molar-refractivity contribution in [3.05, 3.63) is 60.4 Å². The molecular formula is C23H31ClN2O3S. The Morgan fingerprint density at radius 2 is 1.73 bits per heavy atom. The Labute approximate surface area is 185 Å². The van der Waals surface area contributed by atoms with Gasteiger partial charge < -0.3 is 9.14 Å². The normalized spacial score (nSPS) is 13.1. The fourth-order valence-electron chi connectivity index (χ4n) is 3.39. The first-order valence-corrected chi connectivity index (χ1v) is 11.5. The third-order valence-corrected chi connectivity index (χ3v) is 6.64. The number of rotatable bonds is 7. The van der Waals surface area contributed by atoms with Gasteiger partial charge in [-0.3, -0.25) is 5.32 Å². The molecule has 1 atom stereocenters. The van der Waals surface area contributed by atoms with Crippen molar-refractivity contribution < 1.29 is 13.2 Å². The summed E-state index contributed by atoms with van der Waals surface area (Å²) in [6.45, 7) is 10.3. The third kappa shape index (κ3) is 5.17. The van der Waals surface area contributed by atoms with Crippen LogP contribution in [0.3, 0.4) is 0 Å². The molecule has 0 saturated heterocycles. The lowest BCUT2D eigenvalue weighted by Gasteiger charge is -2.28. The fourth-order valence-corrected chi connectivity index (χ4v) is 5.11. The maximum atomic E-state index is 13.4. The molecule has 1 aromatic carbocycles. The van der Waals surface area contributed by atoms with Crippen LogP contribution in [-0.4, -0.2) is 24.6 Å². The van der Waals surface area contributed by atoms with Gasteiger partial charge in [-0.2, -0.15) is 0 Å². The van der Waals surface area contributed by atoms with E-state index in [1.807, 2.05) is 48.8 Å². The van der Waals surface area contributed by atoms with E-state index >= 15 is 0 Å². The van der Waals surface area contributed by atoms with E-state index in [1.54, 1.807) is 24.3 Å². The molecule has 0 bridgehead atoms. The molecular weight excluding hydrogens is 420 g/mol. The van der Waals surface area contributed by atoms with Crippen molar-refractivity contribution in [2.45, 2.75) is 69.0 Å². The van der Waals surface area contributed by atoms with Gasteiger partial charge in [-0.1, -0.05) is 19.9 Å². The molecule has 0 aliphatic carbocycles. The first-order chi connectivity index (χ1) is 13.7. The zero-order valence-electron chi connectivity index (χ0n) is 18.2. The Morgan fingerprint density at radius 1 is 1.07 bits per heavy atom. The van der Waals surface area contributed by atoms with Gasteiger partial charge in [0.1, 0.15) is 16.9 Å². The van der Waals surface area contributed by atoms with Crippen molar-refractivity contribution in [1.82, 2.24) is 9.72 Å². The van der Waals surface area contributed by atoms with Gasteiger partial charge >= 0.3 is 0 Å². The molecule has 5 nitrogen and oxygen atoms in total. The highest BCUT2D eigenvalue weighted by atomic mass is 35.5. The number of aromatic nitrogens is 1. The van der Waals surface area contributed by atoms with Crippen LogP contribution in [0.25, 0.3) is 5.52 Å². The number of sulfone groups is 1. The molecule has 0 saturated carbocycles. The SMILES string of the molecule is CCc1cn2ccccc2c1S(=O)(=O)c1ccc(OC(CC)NC(C)(C)C)cc1.Cl. The number of hydrogen-bond donors (Lipinski definition) is 1. The molecule has 164 valence electrons. The Balaban J connectivity index is 0.00000320. The van der Waals surface area contributed by atoms with Crippen molar-refractivity contribution >= 4 is 27.8 Å². The monoisotopic (exact) mass is 450 g/mol. The summed E-state index contributed by atoms with van der Waals surface area (Å²) in [6.07, 6.45) is 5.07. The van der Waals surface area contributed by atoms with Gasteiger partial charge in [0.2, 0.25) is 9.84 Å². The Morgan fingerprint density at radius 3 is 2.30 bits per heavy atom. The molecule has 30 heavy (non-hydrogen) atoms. The van der Waals surface area contributed by atoms with Crippen molar-refractivity contribution in [1.29, 1.82) is 0 Å². The topological polar surface area (TPSA) is 59.8 Å². The molecule has 3 aromatic rings. The standard InChI is InChI=1S/C23H30N2O3S.ClH/c1-6-17-16-25-15-9-8-10-20(25)22(17)29(26,27)19-13-11-18(12-14-19)28-21(7-2)24-23(3,4)5;/h8-16,21,24H,6-7H2,1-5H3;1H. The van der Waals surface area contributed by atoms with Gasteiger partial charge in [0, 0.05) is 17.9 Å². The van der Waals surface area contributed by atoms with Crippen molar-refractivity contribution in [2.75, 3.05) is 0 Å². The van der Waals surface area contributed by atoms with Gasteiger partial charge in [0.15, 0.2) is 0 Å². The van der Waals surface area contributed by atoms with E-state index in [0.717, 1.165) is 12.0 Å². The number of nitrogens with zero attached hydrogens (tertiary/aromatic N) is 1. The van der Waals surface area contributed by atoms with Crippen LogP contribution in [-0.2, 0) is 16.3 Å². The maximum Gasteiger partial charge on any atom is 0.208 e. The number of nitrogens with one attached hydrogen (secondary N) is 1. The van der Waals surface area contributed by atoms with E-state index in [0.29, 0.717) is 22.6 Å². The van der Waals surface area contributed by atoms with E-state index in [2.05, 4.69) is 26.1 Å². The molecule has 1 N–H and O–H groups in total. The maximum absolute atomic E-state index is 13.4. The summed E-state index contributed by atoms with van der Waals surface area (Å²) in [6, 6.07) is 12.3. The number of aryl methyl sites for hydroxylation is 1. The predicted molar refractivity (Wildman–Crippen MR) is 124 cm³/mol. The van der Waals surface area contributed by atoms with Crippen LogP contribution in [0.2, 0.25) is 0 Å². The highest BCUT2D eigenvalue weighted by molar-refractivity contribution is 7.91. The van der Waals surface area contributed by atoms with E-state index in [4.69, 9.17) is 4.74 Å². The van der Waals surface area contributed by atoms with Gasteiger partial charge in [-0.05, 0) is 75.6 Å². The molecule has 0 radical (unpaired) electrons. The quantitative estimate of drug-likeness (QED) is 0.499. The number of benzene rings is 1. The van der Waals surface area contributed by atoms with Gasteiger partial charge in [0.05, 0.1) is 10.4 Å². The molecule has 2 heterocycles. The first kappa shape index (κ1) is 24.3. The summed E-state index contributed by atoms with van der Waals surface area (Å²) in [5.41, 5.74) is 1.44. The van der Waals surface area contributed by atoms with Crippen LogP contribution in [0, 0.1) is 0 Å². The number of halogens is 1. The summed E-state index contributed by atoms with van der Waals surface area (Å²) in [7, 11) is -3.64. The Kier molecular flexibility index (Phi) is 7.61. The average molecular weight is 451 g/mol. The highest BCUT2D eigenvalue weighted by Gasteiger charge is 2.25. The fraction of sp³-hybridized carbons (Fsp3) is 0.391. The lowest BCUT2D eigenvalue weighted by atomic mass is 10.1. The molecule has 0 aliphatic rings. The second-order valence-corrected chi connectivity index (χ2v) is 10.1. The van der Waals surface area contributed by atoms with Crippen LogP contribution in [0.4, 0.5) is 0 Å². The van der Waals surface area contributed by atoms with E-state index < -0.39 is 9.84 Å². The predicted octanol–water partition coefficient (Wildman–Crippen LogP) is 5.26. The lowest BCUT2D eigenvalue weighted by molar-refractivity contribution is 0.126. The molecule has 7 heteroatoms. The van der Waals surface area contributed by atoms with E-state index in [1.165, 1.54) is 0 Å². The zero-order valence-corrected chi connectivity index (χ0v) is 19.8. The molecule has 1 unspecified atom stereocenters. The highest BCUT2D eigenvalue weighted by Crippen LogP contribution is 2.31. The zero-order chi connectivity index (χ0) is 21.2. The molecule has 0 amide bonds. The second-order valence-electron chi connectivity index (χ2n) is 8.21. The first-order valence-electron chi connectivity index (χ1n) is 10.0. The summed E-state index contributed by atoms with van der Waals surface area (Å²) >= 11 is 0. The third-order valence-electron chi connectivity index (χ3n) is 4.74. The number of fused-ring (bicyclic) bond motifs is 1. The van der Waals surface area contributed by atoms with Gasteiger partial charge in [-0.15, -0.1) is 12.4 Å². The number of hydrogen-bond acceptors (Lipinski definition) is 4. The second kappa shape index (κ2) is 9.41. The lowest BCUT2D eigenvalue weighted by Crippen LogP contribution is -2.46. The van der Waals surface area contributed by atoms with Gasteiger partial charge in [-0.25, -0.2) is 8.42 Å². The minimum absolute atomic E-state index is 0. The average Bonchev–Trinajstić information content (AvgIpc) is 3.06. The van der Waals surface area contributed by atoms with Gasteiger partial charge in [0.25, 0.3) is 0 Å². The molecule has 3 rings (SSSR count). The van der Waals surface area contributed by atoms with E-state index in [-0.39, 0.29) is 29.1 Å². The summed E-state index contributed by atoms with van der Waals surface area (Å²) in [4.78, 5) is 0.656. The Bertz CT molecular complexity index is 1080. The smallest absolute Gasteiger partial charge is 0.208 e. The summed E-state index contributed by atoms with van der Waals surface area (Å²) < 4.78 is 34.7. The minimum atomic E-state index is -3.64. The van der Waals surface area contributed by atoms with Crippen LogP contribution >= 0.6 is 12.4 Å². The Hall–Kier alpha value is -2.02. The van der Waals surface area contributed by atoms with Crippen LogP contribution in [0.1, 0.15) is 46.6 Å². The summed E-state index contributed by atoms with van der Waals surface area (Å²) in [5.74, 6) is 0.644. The number of ether oxygens (including phenoxy) is 1. The van der Waals surface area contributed by atoms with Crippen molar-refractivity contribution in [2.24, 2.45) is 0 Å². The van der Waals surface area contributed by atoms with Crippen LogP contribution < -0.4 is 10.1 Å². The number of pyridine rings is 1. The van der Waals surface area contributed by atoms with Crippen LogP contribution in [0.15, 0.2) is 64.6 Å².